The third-order valence-corrected chi connectivity index (χ3v) is 8.16. The maximum Gasteiger partial charge on any atom is 0.175 e. The quantitative estimate of drug-likeness (QED) is 0.307. The molecular formula is C27H21N3O3S2. The van der Waals surface area contributed by atoms with E-state index in [0.717, 1.165) is 48.4 Å². The normalized spacial score (nSPS) is 11.5. The number of nitrogens with zero attached hydrogens (tertiary/aromatic N) is 2. The predicted molar refractivity (Wildman–Crippen MR) is 141 cm³/mol. The van der Waals surface area contributed by atoms with Gasteiger partial charge in [-0.15, -0.1) is 11.3 Å². The summed E-state index contributed by atoms with van der Waals surface area (Å²) in [5.41, 5.74) is 3.52. The highest BCUT2D eigenvalue weighted by Crippen LogP contribution is 2.41. The summed E-state index contributed by atoms with van der Waals surface area (Å²) in [6.07, 6.45) is 2.81. The number of rotatable bonds is 6. The van der Waals surface area contributed by atoms with Gasteiger partial charge in [0.2, 0.25) is 0 Å². The van der Waals surface area contributed by atoms with E-state index in [-0.39, 0.29) is 0 Å². The standard InChI is InChI=1S/C27H21N3O3S2/c1-33-21-8-3-17(4-9-21)15-29-27-25-23-12-7-19(18-5-10-22(11-6-18)35(2,31)32)13-24(23)34-26(25)20(14-28)16-30-27/h3-13,16H,15H2,1-2H3,(H,29,30). The zero-order valence-electron chi connectivity index (χ0n) is 19.1. The van der Waals surface area contributed by atoms with Crippen molar-refractivity contribution in [2.75, 3.05) is 18.7 Å². The van der Waals surface area contributed by atoms with Crippen LogP contribution in [0.15, 0.2) is 77.8 Å². The first-order chi connectivity index (χ1) is 16.9. The highest BCUT2D eigenvalue weighted by molar-refractivity contribution is 7.90. The third-order valence-electron chi connectivity index (χ3n) is 5.85. The molecule has 0 fully saturated rings. The molecule has 0 aliphatic carbocycles. The fraction of sp³-hybridized carbons (Fsp3) is 0.111. The Kier molecular flexibility index (Phi) is 5.89. The minimum Gasteiger partial charge on any atom is -0.497 e. The molecule has 3 aromatic carbocycles. The van der Waals surface area contributed by atoms with E-state index in [9.17, 15) is 13.7 Å². The average molecular weight is 500 g/mol. The monoisotopic (exact) mass is 499 g/mol. The minimum atomic E-state index is -3.24. The molecule has 5 aromatic rings. The van der Waals surface area contributed by atoms with Crippen molar-refractivity contribution >= 4 is 47.2 Å². The molecule has 0 atom stereocenters. The molecule has 2 heterocycles. The molecule has 0 bridgehead atoms. The van der Waals surface area contributed by atoms with Gasteiger partial charge in [0.15, 0.2) is 9.84 Å². The molecule has 0 aliphatic heterocycles. The number of ether oxygens (including phenoxy) is 1. The van der Waals surface area contributed by atoms with Gasteiger partial charge in [0, 0.05) is 34.5 Å². The van der Waals surface area contributed by atoms with E-state index in [1.807, 2.05) is 48.5 Å². The number of methoxy groups -OCH3 is 1. The van der Waals surface area contributed by atoms with Gasteiger partial charge in [-0.3, -0.25) is 0 Å². The molecule has 35 heavy (non-hydrogen) atoms. The number of benzene rings is 3. The molecule has 0 saturated heterocycles. The van der Waals surface area contributed by atoms with Crippen molar-refractivity contribution in [1.82, 2.24) is 4.98 Å². The average Bonchev–Trinajstić information content (AvgIpc) is 3.26. The number of anilines is 1. The number of thiophene rings is 1. The lowest BCUT2D eigenvalue weighted by Gasteiger charge is -2.09. The van der Waals surface area contributed by atoms with Crippen LogP contribution in [0.4, 0.5) is 5.82 Å². The first kappa shape index (κ1) is 22.8. The van der Waals surface area contributed by atoms with E-state index in [4.69, 9.17) is 4.74 Å². The van der Waals surface area contributed by atoms with Gasteiger partial charge in [0.25, 0.3) is 0 Å². The first-order valence-electron chi connectivity index (χ1n) is 10.8. The Hall–Kier alpha value is -3.93. The number of aromatic nitrogens is 1. The summed E-state index contributed by atoms with van der Waals surface area (Å²) >= 11 is 1.55. The Bertz CT molecular complexity index is 1700. The van der Waals surface area contributed by atoms with Crippen LogP contribution in [0.2, 0.25) is 0 Å². The number of sulfone groups is 1. The summed E-state index contributed by atoms with van der Waals surface area (Å²) < 4.78 is 30.7. The van der Waals surface area contributed by atoms with Crippen LogP contribution < -0.4 is 10.1 Å². The number of nitrogens with one attached hydrogen (secondary N) is 1. The fourth-order valence-corrected chi connectivity index (χ4v) is 5.82. The fourth-order valence-electron chi connectivity index (χ4n) is 3.99. The van der Waals surface area contributed by atoms with E-state index >= 15 is 0 Å². The molecule has 0 amide bonds. The lowest BCUT2D eigenvalue weighted by atomic mass is 10.0. The largest absolute Gasteiger partial charge is 0.497 e. The van der Waals surface area contributed by atoms with Crippen LogP contribution in [-0.2, 0) is 16.4 Å². The van der Waals surface area contributed by atoms with E-state index in [0.29, 0.717) is 17.0 Å². The van der Waals surface area contributed by atoms with Crippen molar-refractivity contribution in [3.63, 3.8) is 0 Å². The van der Waals surface area contributed by atoms with Gasteiger partial charge in [0.1, 0.15) is 17.6 Å². The van der Waals surface area contributed by atoms with Crippen LogP contribution in [0.1, 0.15) is 11.1 Å². The van der Waals surface area contributed by atoms with Gasteiger partial charge in [-0.25, -0.2) is 13.4 Å². The van der Waals surface area contributed by atoms with Crippen molar-refractivity contribution in [2.24, 2.45) is 0 Å². The molecule has 1 N–H and O–H groups in total. The molecule has 2 aromatic heterocycles. The lowest BCUT2D eigenvalue weighted by molar-refractivity contribution is 0.414. The number of hydrogen-bond donors (Lipinski definition) is 1. The van der Waals surface area contributed by atoms with Gasteiger partial charge < -0.3 is 10.1 Å². The Labute approximate surface area is 207 Å². The molecule has 5 rings (SSSR count). The molecule has 6 nitrogen and oxygen atoms in total. The second kappa shape index (κ2) is 9.02. The predicted octanol–water partition coefficient (Wildman–Crippen LogP) is 6.01. The highest BCUT2D eigenvalue weighted by Gasteiger charge is 2.16. The molecule has 8 heteroatoms. The highest BCUT2D eigenvalue weighted by atomic mass is 32.2. The second-order valence-corrected chi connectivity index (χ2v) is 11.2. The van der Waals surface area contributed by atoms with Crippen LogP contribution in [-0.4, -0.2) is 26.8 Å². The van der Waals surface area contributed by atoms with Crippen LogP contribution in [0.25, 0.3) is 31.3 Å². The van der Waals surface area contributed by atoms with Crippen LogP contribution in [0.5, 0.6) is 5.75 Å². The van der Waals surface area contributed by atoms with Crippen molar-refractivity contribution in [3.8, 4) is 22.9 Å². The lowest BCUT2D eigenvalue weighted by Crippen LogP contribution is -2.02. The second-order valence-electron chi connectivity index (χ2n) is 8.15. The summed E-state index contributed by atoms with van der Waals surface area (Å²) in [5, 5.41) is 15.0. The summed E-state index contributed by atoms with van der Waals surface area (Å²) in [7, 11) is -1.60. The summed E-state index contributed by atoms with van der Waals surface area (Å²) in [5.74, 6) is 1.53. The van der Waals surface area contributed by atoms with E-state index < -0.39 is 9.84 Å². The first-order valence-corrected chi connectivity index (χ1v) is 13.5. The van der Waals surface area contributed by atoms with Gasteiger partial charge in [-0.2, -0.15) is 5.26 Å². The molecule has 0 unspecified atom stereocenters. The molecule has 174 valence electrons. The van der Waals surface area contributed by atoms with E-state index in [2.05, 4.69) is 22.4 Å². The molecular weight excluding hydrogens is 478 g/mol. The SMILES string of the molecule is COc1ccc(CNc2ncc(C#N)c3sc4cc(-c5ccc(S(C)(=O)=O)cc5)ccc4c23)cc1. The smallest absolute Gasteiger partial charge is 0.175 e. The van der Waals surface area contributed by atoms with Gasteiger partial charge >= 0.3 is 0 Å². The van der Waals surface area contributed by atoms with Crippen molar-refractivity contribution in [3.05, 3.63) is 84.1 Å². The summed E-state index contributed by atoms with van der Waals surface area (Å²) in [6, 6.07) is 23.1. The number of fused-ring (bicyclic) bond motifs is 3. The maximum atomic E-state index is 11.8. The van der Waals surface area contributed by atoms with Crippen molar-refractivity contribution in [2.45, 2.75) is 11.4 Å². The number of pyridine rings is 1. The number of nitriles is 1. The van der Waals surface area contributed by atoms with Gasteiger partial charge in [-0.05, 0) is 47.0 Å². The molecule has 0 saturated carbocycles. The number of hydrogen-bond acceptors (Lipinski definition) is 7. The van der Waals surface area contributed by atoms with Crippen LogP contribution in [0.3, 0.4) is 0 Å². The van der Waals surface area contributed by atoms with Crippen LogP contribution >= 0.6 is 11.3 Å². The Morgan fingerprint density at radius 3 is 2.40 bits per heavy atom. The Morgan fingerprint density at radius 1 is 1.03 bits per heavy atom. The van der Waals surface area contributed by atoms with Gasteiger partial charge in [0.05, 0.1) is 22.3 Å². The molecule has 0 spiro atoms. The third kappa shape index (κ3) is 4.44. The topological polar surface area (TPSA) is 92.1 Å². The molecule has 0 radical (unpaired) electrons. The van der Waals surface area contributed by atoms with E-state index in [1.165, 1.54) is 6.26 Å². The summed E-state index contributed by atoms with van der Waals surface area (Å²) in [4.78, 5) is 4.85. The Morgan fingerprint density at radius 2 is 1.74 bits per heavy atom. The van der Waals surface area contributed by atoms with Crippen molar-refractivity contribution in [1.29, 1.82) is 5.26 Å². The molecule has 0 aliphatic rings. The zero-order chi connectivity index (χ0) is 24.6. The summed E-state index contributed by atoms with van der Waals surface area (Å²) in [6.45, 7) is 0.583. The van der Waals surface area contributed by atoms with E-state index in [1.54, 1.807) is 36.8 Å². The van der Waals surface area contributed by atoms with Crippen LogP contribution in [0, 0.1) is 11.3 Å². The minimum absolute atomic E-state index is 0.293. The van der Waals surface area contributed by atoms with Gasteiger partial charge in [-0.1, -0.05) is 36.4 Å². The Balaban J connectivity index is 1.54. The maximum absolute atomic E-state index is 11.8. The van der Waals surface area contributed by atoms with Crippen molar-refractivity contribution < 1.29 is 13.2 Å². The zero-order valence-corrected chi connectivity index (χ0v) is 20.7.